The molecular weight excluding hydrogens is 428 g/mol. The SMILES string of the molecule is O=S1(=O)Nc2c(cccc2N2CCCCC2)Oc2cc(SCc3ccccc3)ccc21. The van der Waals surface area contributed by atoms with E-state index in [-0.39, 0.29) is 4.90 Å². The third kappa shape index (κ3) is 4.25. The van der Waals surface area contributed by atoms with Gasteiger partial charge in [0.15, 0.2) is 5.75 Å². The van der Waals surface area contributed by atoms with Crippen molar-refractivity contribution in [3.05, 3.63) is 72.3 Å². The predicted octanol–water partition coefficient (Wildman–Crippen LogP) is 5.88. The third-order valence-electron chi connectivity index (χ3n) is 5.61. The van der Waals surface area contributed by atoms with Crippen molar-refractivity contribution in [3.63, 3.8) is 0 Å². The van der Waals surface area contributed by atoms with Gasteiger partial charge in [0.05, 0.1) is 5.69 Å². The third-order valence-corrected chi connectivity index (χ3v) is 8.06. The number of fused-ring (bicyclic) bond motifs is 2. The highest BCUT2D eigenvalue weighted by Gasteiger charge is 2.29. The number of nitrogens with one attached hydrogen (secondary N) is 1. The summed E-state index contributed by atoms with van der Waals surface area (Å²) in [5.41, 5.74) is 2.63. The van der Waals surface area contributed by atoms with Gasteiger partial charge in [-0.25, -0.2) is 8.42 Å². The first-order valence-electron chi connectivity index (χ1n) is 10.5. The quantitative estimate of drug-likeness (QED) is 0.501. The summed E-state index contributed by atoms with van der Waals surface area (Å²) in [6, 6.07) is 21.2. The highest BCUT2D eigenvalue weighted by molar-refractivity contribution is 7.98. The van der Waals surface area contributed by atoms with Crippen molar-refractivity contribution < 1.29 is 13.2 Å². The molecule has 2 aliphatic heterocycles. The second-order valence-electron chi connectivity index (χ2n) is 7.79. The average molecular weight is 453 g/mol. The normalized spacial score (nSPS) is 17.0. The second kappa shape index (κ2) is 8.48. The van der Waals surface area contributed by atoms with Gasteiger partial charge in [-0.15, -0.1) is 11.8 Å². The van der Waals surface area contributed by atoms with Gasteiger partial charge in [0.2, 0.25) is 0 Å². The molecule has 0 saturated carbocycles. The van der Waals surface area contributed by atoms with E-state index >= 15 is 0 Å². The van der Waals surface area contributed by atoms with Crippen LogP contribution in [0.1, 0.15) is 24.8 Å². The van der Waals surface area contributed by atoms with Gasteiger partial charge >= 0.3 is 0 Å². The van der Waals surface area contributed by atoms with Crippen molar-refractivity contribution in [2.45, 2.75) is 34.8 Å². The molecule has 0 bridgehead atoms. The molecule has 0 aliphatic carbocycles. The van der Waals surface area contributed by atoms with Crippen molar-refractivity contribution in [1.29, 1.82) is 0 Å². The fourth-order valence-electron chi connectivity index (χ4n) is 4.03. The van der Waals surface area contributed by atoms with Gasteiger partial charge in [-0.05, 0) is 55.2 Å². The molecule has 5 rings (SSSR count). The van der Waals surface area contributed by atoms with E-state index in [0.717, 1.165) is 42.3 Å². The number of rotatable bonds is 4. The molecule has 2 aliphatic rings. The van der Waals surface area contributed by atoms with Gasteiger partial charge in [0, 0.05) is 23.7 Å². The Balaban J connectivity index is 1.48. The monoisotopic (exact) mass is 452 g/mol. The molecule has 160 valence electrons. The van der Waals surface area contributed by atoms with Crippen LogP contribution in [-0.2, 0) is 15.8 Å². The molecule has 0 spiro atoms. The lowest BCUT2D eigenvalue weighted by molar-refractivity contribution is 0.471. The summed E-state index contributed by atoms with van der Waals surface area (Å²) in [6.45, 7) is 1.84. The fraction of sp³-hybridized carbons (Fsp3) is 0.250. The van der Waals surface area contributed by atoms with E-state index in [1.165, 1.54) is 12.0 Å². The number of thioether (sulfide) groups is 1. The van der Waals surface area contributed by atoms with Crippen LogP contribution in [0.2, 0.25) is 0 Å². The summed E-state index contributed by atoms with van der Waals surface area (Å²) >= 11 is 1.66. The van der Waals surface area contributed by atoms with E-state index in [2.05, 4.69) is 21.8 Å². The minimum Gasteiger partial charge on any atom is -0.454 e. The Morgan fingerprint density at radius 2 is 1.71 bits per heavy atom. The van der Waals surface area contributed by atoms with E-state index < -0.39 is 10.0 Å². The van der Waals surface area contributed by atoms with Crippen LogP contribution in [0.3, 0.4) is 0 Å². The van der Waals surface area contributed by atoms with E-state index in [1.54, 1.807) is 17.8 Å². The molecule has 3 aromatic carbocycles. The van der Waals surface area contributed by atoms with E-state index in [1.807, 2.05) is 48.5 Å². The Morgan fingerprint density at radius 3 is 2.52 bits per heavy atom. The number of anilines is 2. The number of hydrogen-bond donors (Lipinski definition) is 1. The molecule has 0 unspecified atom stereocenters. The summed E-state index contributed by atoms with van der Waals surface area (Å²) in [6.07, 6.45) is 3.43. The Labute approximate surface area is 187 Å². The minimum absolute atomic E-state index is 0.164. The second-order valence-corrected chi connectivity index (χ2v) is 10.5. The van der Waals surface area contributed by atoms with Crippen LogP contribution >= 0.6 is 11.8 Å². The summed E-state index contributed by atoms with van der Waals surface area (Å²) in [5, 5.41) is 0. The van der Waals surface area contributed by atoms with E-state index in [4.69, 9.17) is 4.74 Å². The van der Waals surface area contributed by atoms with Crippen molar-refractivity contribution in [1.82, 2.24) is 0 Å². The number of hydrogen-bond acceptors (Lipinski definition) is 5. The van der Waals surface area contributed by atoms with E-state index in [0.29, 0.717) is 17.2 Å². The molecule has 31 heavy (non-hydrogen) atoms. The molecule has 7 heteroatoms. The van der Waals surface area contributed by atoms with Crippen LogP contribution < -0.4 is 14.4 Å². The first kappa shape index (κ1) is 20.3. The maximum atomic E-state index is 13.2. The van der Waals surface area contributed by atoms with Crippen molar-refractivity contribution in [2.24, 2.45) is 0 Å². The average Bonchev–Trinajstić information content (AvgIpc) is 2.91. The van der Waals surface area contributed by atoms with Crippen LogP contribution in [0.15, 0.2) is 76.5 Å². The topological polar surface area (TPSA) is 58.6 Å². The molecule has 1 fully saturated rings. The van der Waals surface area contributed by atoms with Crippen LogP contribution in [0.4, 0.5) is 11.4 Å². The molecule has 0 aromatic heterocycles. The first-order valence-corrected chi connectivity index (χ1v) is 13.0. The highest BCUT2D eigenvalue weighted by Crippen LogP contribution is 2.45. The zero-order chi connectivity index (χ0) is 21.3. The van der Waals surface area contributed by atoms with Gasteiger partial charge in [0.1, 0.15) is 16.3 Å². The van der Waals surface area contributed by atoms with Crippen LogP contribution in [-0.4, -0.2) is 21.5 Å². The maximum absolute atomic E-state index is 13.2. The lowest BCUT2D eigenvalue weighted by atomic mass is 10.1. The lowest BCUT2D eigenvalue weighted by Crippen LogP contribution is -2.30. The Bertz CT molecular complexity index is 1190. The number of ether oxygens (including phenoxy) is 1. The maximum Gasteiger partial charge on any atom is 0.265 e. The molecule has 5 nitrogen and oxygen atoms in total. The molecular formula is C24H24N2O3S2. The molecule has 2 heterocycles. The van der Waals surface area contributed by atoms with Crippen LogP contribution in [0.5, 0.6) is 11.5 Å². The Hall–Kier alpha value is -2.64. The molecule has 3 aromatic rings. The number of nitrogens with zero attached hydrogens (tertiary/aromatic N) is 1. The van der Waals surface area contributed by atoms with Crippen molar-refractivity contribution in [2.75, 3.05) is 22.7 Å². The lowest BCUT2D eigenvalue weighted by Gasteiger charge is -2.30. The standard InChI is InChI=1S/C24H24N2O3S2/c27-31(28)23-13-12-19(30-17-18-8-3-1-4-9-18)16-22(23)29-21-11-7-10-20(24(21)25-31)26-14-5-2-6-15-26/h1,3-4,7-13,16,25H,2,5-6,14-15,17H2. The molecule has 1 N–H and O–H groups in total. The summed E-state index contributed by atoms with van der Waals surface area (Å²) in [4.78, 5) is 3.37. The zero-order valence-corrected chi connectivity index (χ0v) is 18.7. The highest BCUT2D eigenvalue weighted by atomic mass is 32.2. The molecule has 0 amide bonds. The van der Waals surface area contributed by atoms with E-state index in [9.17, 15) is 8.42 Å². The van der Waals surface area contributed by atoms with Crippen LogP contribution in [0.25, 0.3) is 0 Å². The summed E-state index contributed by atoms with van der Waals surface area (Å²) in [7, 11) is -3.75. The predicted molar refractivity (Wildman–Crippen MR) is 126 cm³/mol. The van der Waals surface area contributed by atoms with Gasteiger partial charge in [0.25, 0.3) is 10.0 Å². The summed E-state index contributed by atoms with van der Waals surface area (Å²) in [5.74, 6) is 1.70. The van der Waals surface area contributed by atoms with Gasteiger partial charge in [-0.2, -0.15) is 0 Å². The Morgan fingerprint density at radius 1 is 0.903 bits per heavy atom. The van der Waals surface area contributed by atoms with Gasteiger partial charge in [-0.3, -0.25) is 4.72 Å². The smallest absolute Gasteiger partial charge is 0.265 e. The molecule has 0 radical (unpaired) electrons. The number of benzene rings is 3. The fourth-order valence-corrected chi connectivity index (χ4v) is 6.11. The number of sulfonamides is 1. The van der Waals surface area contributed by atoms with Crippen molar-refractivity contribution >= 4 is 33.2 Å². The number of piperidine rings is 1. The molecule has 1 saturated heterocycles. The largest absolute Gasteiger partial charge is 0.454 e. The van der Waals surface area contributed by atoms with Crippen molar-refractivity contribution in [3.8, 4) is 11.5 Å². The minimum atomic E-state index is -3.75. The summed E-state index contributed by atoms with van der Waals surface area (Å²) < 4.78 is 35.3. The van der Waals surface area contributed by atoms with Gasteiger partial charge in [-0.1, -0.05) is 36.4 Å². The first-order chi connectivity index (χ1) is 15.1. The number of para-hydroxylation sites is 1. The van der Waals surface area contributed by atoms with Crippen LogP contribution in [0, 0.1) is 0 Å². The Kier molecular flexibility index (Phi) is 5.54. The van der Waals surface area contributed by atoms with Gasteiger partial charge < -0.3 is 9.64 Å². The molecule has 0 atom stereocenters. The zero-order valence-electron chi connectivity index (χ0n) is 17.1.